The predicted molar refractivity (Wildman–Crippen MR) is 93.9 cm³/mol. The maximum Gasteiger partial charge on any atom is 0.251 e. The topological polar surface area (TPSA) is 65.4 Å². The first-order valence-electron chi connectivity index (χ1n) is 8.77. The molecule has 1 aliphatic carbocycles. The van der Waals surface area contributed by atoms with Crippen molar-refractivity contribution in [1.29, 1.82) is 0 Å². The number of nitrogens with zero attached hydrogens (tertiary/aromatic N) is 2. The van der Waals surface area contributed by atoms with Gasteiger partial charge in [0.15, 0.2) is 11.5 Å². The van der Waals surface area contributed by atoms with Crippen molar-refractivity contribution in [3.05, 3.63) is 35.2 Å². The fourth-order valence-electron chi connectivity index (χ4n) is 3.73. The lowest BCUT2D eigenvalue weighted by Gasteiger charge is -2.21. The monoisotopic (exact) mass is 341 g/mol. The largest absolute Gasteiger partial charge is 0.448 e. The Hall–Kier alpha value is -2.50. The summed E-state index contributed by atoms with van der Waals surface area (Å²) in [7, 11) is 1.89. The number of aryl methyl sites for hydroxylation is 2. The van der Waals surface area contributed by atoms with Crippen LogP contribution in [-0.2, 0) is 18.3 Å². The second kappa shape index (κ2) is 5.79. The summed E-state index contributed by atoms with van der Waals surface area (Å²) in [6.07, 6.45) is 4.40. The van der Waals surface area contributed by atoms with E-state index in [1.807, 2.05) is 39.1 Å². The summed E-state index contributed by atoms with van der Waals surface area (Å²) < 4.78 is 13.9. The van der Waals surface area contributed by atoms with Gasteiger partial charge in [-0.1, -0.05) is 0 Å². The number of hydrogen-bond acceptors (Lipinski definition) is 4. The molecule has 2 aliphatic rings. The molecule has 0 saturated heterocycles. The Labute approximate surface area is 147 Å². The molecular weight excluding hydrogens is 318 g/mol. The number of benzene rings is 1. The number of ether oxygens (including phenoxy) is 2. The van der Waals surface area contributed by atoms with Crippen molar-refractivity contribution in [2.75, 3.05) is 5.32 Å². The lowest BCUT2D eigenvalue weighted by atomic mass is 10.1. The van der Waals surface area contributed by atoms with Gasteiger partial charge < -0.3 is 14.8 Å². The lowest BCUT2D eigenvalue weighted by Crippen LogP contribution is -2.34. The smallest absolute Gasteiger partial charge is 0.251 e. The van der Waals surface area contributed by atoms with Crippen LogP contribution in [0.4, 0.5) is 5.69 Å². The molecule has 4 rings (SSSR count). The van der Waals surface area contributed by atoms with Crippen LogP contribution in [0.1, 0.15) is 42.6 Å². The van der Waals surface area contributed by atoms with Crippen molar-refractivity contribution < 1.29 is 14.3 Å². The molecule has 1 aliphatic heterocycles. The molecule has 6 nitrogen and oxygen atoms in total. The molecule has 1 spiro atoms. The molecule has 1 saturated carbocycles. The molecule has 25 heavy (non-hydrogen) atoms. The molecule has 1 amide bonds. The maximum absolute atomic E-state index is 12.4. The van der Waals surface area contributed by atoms with Crippen LogP contribution in [0.15, 0.2) is 18.2 Å². The second-order valence-corrected chi connectivity index (χ2v) is 6.98. The van der Waals surface area contributed by atoms with Gasteiger partial charge in [-0.25, -0.2) is 0 Å². The molecule has 1 N–H and O–H groups in total. The summed E-state index contributed by atoms with van der Waals surface area (Å²) in [5.41, 5.74) is 3.61. The SMILES string of the molecule is Cc1nn(C)c(C)c1CC(=O)Nc1ccc2c(c1)OC1(CCCC1)O2. The Morgan fingerprint density at radius 3 is 2.64 bits per heavy atom. The zero-order chi connectivity index (χ0) is 17.6. The Balaban J connectivity index is 1.46. The first kappa shape index (κ1) is 16.0. The first-order chi connectivity index (χ1) is 12.0. The average molecular weight is 341 g/mol. The minimum atomic E-state index is -0.477. The number of carbonyl (C=O) groups is 1. The standard InChI is InChI=1S/C19H23N3O3/c1-12-15(13(2)22(3)21-12)11-18(23)20-14-6-7-16-17(10-14)25-19(24-16)8-4-5-9-19/h6-7,10H,4-5,8-9,11H2,1-3H3,(H,20,23). The molecule has 1 aromatic heterocycles. The van der Waals surface area contributed by atoms with E-state index in [2.05, 4.69) is 10.4 Å². The van der Waals surface area contributed by atoms with Gasteiger partial charge >= 0.3 is 0 Å². The van der Waals surface area contributed by atoms with Gasteiger partial charge in [-0.15, -0.1) is 0 Å². The Kier molecular flexibility index (Phi) is 3.71. The number of amides is 1. The molecule has 1 fully saturated rings. The zero-order valence-corrected chi connectivity index (χ0v) is 14.9. The quantitative estimate of drug-likeness (QED) is 0.931. The molecule has 1 aromatic carbocycles. The van der Waals surface area contributed by atoms with E-state index in [9.17, 15) is 4.79 Å². The highest BCUT2D eigenvalue weighted by Gasteiger charge is 2.44. The van der Waals surface area contributed by atoms with Crippen molar-refractivity contribution in [3.8, 4) is 11.5 Å². The van der Waals surface area contributed by atoms with E-state index in [-0.39, 0.29) is 5.91 Å². The van der Waals surface area contributed by atoms with Gasteiger partial charge in [0, 0.05) is 42.9 Å². The molecule has 0 unspecified atom stereocenters. The normalized spacial score (nSPS) is 17.2. The van der Waals surface area contributed by atoms with Gasteiger partial charge in [0.2, 0.25) is 5.91 Å². The molecule has 132 valence electrons. The Morgan fingerprint density at radius 2 is 1.96 bits per heavy atom. The van der Waals surface area contributed by atoms with E-state index in [1.54, 1.807) is 4.68 Å². The average Bonchev–Trinajstić information content (AvgIpc) is 3.22. The van der Waals surface area contributed by atoms with Crippen molar-refractivity contribution in [2.24, 2.45) is 7.05 Å². The Morgan fingerprint density at radius 1 is 1.24 bits per heavy atom. The van der Waals surface area contributed by atoms with Crippen molar-refractivity contribution in [3.63, 3.8) is 0 Å². The first-order valence-corrected chi connectivity index (χ1v) is 8.77. The fraction of sp³-hybridized carbons (Fsp3) is 0.474. The summed E-state index contributed by atoms with van der Waals surface area (Å²) in [4.78, 5) is 12.4. The summed E-state index contributed by atoms with van der Waals surface area (Å²) >= 11 is 0. The van der Waals surface area contributed by atoms with Gasteiger partial charge in [0.1, 0.15) is 0 Å². The van der Waals surface area contributed by atoms with Crippen LogP contribution in [0.25, 0.3) is 0 Å². The van der Waals surface area contributed by atoms with E-state index in [0.29, 0.717) is 12.2 Å². The number of aromatic nitrogens is 2. The fourth-order valence-corrected chi connectivity index (χ4v) is 3.73. The summed E-state index contributed by atoms with van der Waals surface area (Å²) in [5, 5.41) is 7.31. The van der Waals surface area contributed by atoms with Crippen molar-refractivity contribution in [2.45, 2.75) is 51.7 Å². The second-order valence-electron chi connectivity index (χ2n) is 6.98. The number of rotatable bonds is 3. The molecule has 2 aromatic rings. The third-order valence-corrected chi connectivity index (χ3v) is 5.18. The van der Waals surface area contributed by atoms with Crippen LogP contribution >= 0.6 is 0 Å². The van der Waals surface area contributed by atoms with Crippen LogP contribution in [0.5, 0.6) is 11.5 Å². The van der Waals surface area contributed by atoms with Crippen LogP contribution < -0.4 is 14.8 Å². The number of anilines is 1. The summed E-state index contributed by atoms with van der Waals surface area (Å²) in [6.45, 7) is 3.90. The number of hydrogen-bond donors (Lipinski definition) is 1. The summed E-state index contributed by atoms with van der Waals surface area (Å²) in [6, 6.07) is 5.58. The van der Waals surface area contributed by atoms with Crippen molar-refractivity contribution >= 4 is 11.6 Å². The van der Waals surface area contributed by atoms with Gasteiger partial charge in [0.05, 0.1) is 12.1 Å². The highest BCUT2D eigenvalue weighted by Crippen LogP contribution is 2.47. The minimum absolute atomic E-state index is 0.0614. The molecule has 6 heteroatoms. The minimum Gasteiger partial charge on any atom is -0.448 e. The Bertz CT molecular complexity index is 835. The highest BCUT2D eigenvalue weighted by molar-refractivity contribution is 5.92. The molecule has 0 bridgehead atoms. The third-order valence-electron chi connectivity index (χ3n) is 5.18. The van der Waals surface area contributed by atoms with Crippen LogP contribution in [0.2, 0.25) is 0 Å². The van der Waals surface area contributed by atoms with E-state index in [0.717, 1.165) is 54.1 Å². The van der Waals surface area contributed by atoms with Gasteiger partial charge in [-0.05, 0) is 38.8 Å². The van der Waals surface area contributed by atoms with Gasteiger partial charge in [-0.2, -0.15) is 5.10 Å². The third kappa shape index (κ3) is 2.86. The van der Waals surface area contributed by atoms with Gasteiger partial charge in [0.25, 0.3) is 5.79 Å². The van der Waals surface area contributed by atoms with Gasteiger partial charge in [-0.3, -0.25) is 9.48 Å². The number of nitrogens with one attached hydrogen (secondary N) is 1. The van der Waals surface area contributed by atoms with E-state index in [1.165, 1.54) is 0 Å². The van der Waals surface area contributed by atoms with Crippen molar-refractivity contribution in [1.82, 2.24) is 9.78 Å². The van der Waals surface area contributed by atoms with E-state index >= 15 is 0 Å². The number of carbonyl (C=O) groups excluding carboxylic acids is 1. The van der Waals surface area contributed by atoms with Crippen LogP contribution in [-0.4, -0.2) is 21.5 Å². The zero-order valence-electron chi connectivity index (χ0n) is 14.9. The van der Waals surface area contributed by atoms with Crippen LogP contribution in [0.3, 0.4) is 0 Å². The maximum atomic E-state index is 12.4. The lowest BCUT2D eigenvalue weighted by molar-refractivity contribution is -0.115. The molecule has 0 radical (unpaired) electrons. The predicted octanol–water partition coefficient (Wildman–Crippen LogP) is 3.26. The van der Waals surface area contributed by atoms with E-state index < -0.39 is 5.79 Å². The number of fused-ring (bicyclic) bond motifs is 1. The molecule has 0 atom stereocenters. The summed E-state index contributed by atoms with van der Waals surface area (Å²) in [5.74, 6) is 0.940. The highest BCUT2D eigenvalue weighted by atomic mass is 16.7. The molecule has 2 heterocycles. The van der Waals surface area contributed by atoms with E-state index in [4.69, 9.17) is 9.47 Å². The van der Waals surface area contributed by atoms with Crippen LogP contribution in [0, 0.1) is 13.8 Å². The molecular formula is C19H23N3O3.